The molecule has 6 nitrogen and oxygen atoms in total. The molecule has 0 aromatic carbocycles. The molecule has 0 N–H and O–H groups in total. The molecule has 3 heterocycles. The van der Waals surface area contributed by atoms with E-state index in [4.69, 9.17) is 9.51 Å². The molecule has 0 atom stereocenters. The fraction of sp³-hybridized carbons (Fsp3) is 0.571. The van der Waals surface area contributed by atoms with Crippen molar-refractivity contribution >= 4 is 21.6 Å². The van der Waals surface area contributed by atoms with Crippen molar-refractivity contribution in [1.82, 2.24) is 19.6 Å². The summed E-state index contributed by atoms with van der Waals surface area (Å²) in [4.78, 5) is 23.2. The van der Waals surface area contributed by atoms with Gasteiger partial charge in [0.15, 0.2) is 0 Å². The predicted molar refractivity (Wildman–Crippen MR) is 112 cm³/mol. The summed E-state index contributed by atoms with van der Waals surface area (Å²) in [5.74, 6) is 1.60. The third kappa shape index (κ3) is 3.31. The molecule has 3 aromatic heterocycles. The van der Waals surface area contributed by atoms with Crippen LogP contribution < -0.4 is 5.56 Å². The minimum Gasteiger partial charge on any atom is -0.361 e. The molecule has 4 rings (SSSR count). The smallest absolute Gasteiger partial charge is 0.262 e. The molecular weight excluding hydrogens is 372 g/mol. The van der Waals surface area contributed by atoms with Crippen LogP contribution in [0.3, 0.4) is 0 Å². The van der Waals surface area contributed by atoms with E-state index in [1.165, 1.54) is 16.9 Å². The van der Waals surface area contributed by atoms with Gasteiger partial charge < -0.3 is 4.52 Å². The summed E-state index contributed by atoms with van der Waals surface area (Å²) >= 11 is 1.72. The van der Waals surface area contributed by atoms with Crippen LogP contribution in [0.2, 0.25) is 0 Å². The maximum absolute atomic E-state index is 13.6. The summed E-state index contributed by atoms with van der Waals surface area (Å²) in [6.45, 7) is 11.1. The molecule has 1 aliphatic carbocycles. The van der Waals surface area contributed by atoms with Gasteiger partial charge in [-0.25, -0.2) is 4.98 Å². The van der Waals surface area contributed by atoms with Crippen molar-refractivity contribution in [2.75, 3.05) is 13.1 Å². The van der Waals surface area contributed by atoms with Gasteiger partial charge in [-0.15, -0.1) is 11.3 Å². The van der Waals surface area contributed by atoms with E-state index >= 15 is 0 Å². The molecule has 0 unspecified atom stereocenters. The monoisotopic (exact) mass is 400 g/mol. The van der Waals surface area contributed by atoms with E-state index in [9.17, 15) is 4.79 Å². The van der Waals surface area contributed by atoms with Crippen LogP contribution >= 0.6 is 11.3 Å². The van der Waals surface area contributed by atoms with Gasteiger partial charge in [0.2, 0.25) is 0 Å². The summed E-state index contributed by atoms with van der Waals surface area (Å²) in [6.07, 6.45) is 4.43. The molecule has 28 heavy (non-hydrogen) atoms. The Morgan fingerprint density at radius 1 is 1.18 bits per heavy atom. The summed E-state index contributed by atoms with van der Waals surface area (Å²) in [6, 6.07) is 0. The number of thiophene rings is 1. The highest BCUT2D eigenvalue weighted by Gasteiger charge is 2.23. The number of fused-ring (bicyclic) bond motifs is 3. The van der Waals surface area contributed by atoms with Gasteiger partial charge in [-0.1, -0.05) is 19.0 Å². The summed E-state index contributed by atoms with van der Waals surface area (Å²) < 4.78 is 7.20. The van der Waals surface area contributed by atoms with Crippen LogP contribution in [0.5, 0.6) is 0 Å². The van der Waals surface area contributed by atoms with Crippen LogP contribution in [0, 0.1) is 13.8 Å². The molecule has 0 amide bonds. The van der Waals surface area contributed by atoms with E-state index in [1.807, 2.05) is 18.4 Å². The van der Waals surface area contributed by atoms with Crippen LogP contribution in [0.4, 0.5) is 0 Å². The second-order valence-corrected chi connectivity index (χ2v) is 8.66. The predicted octanol–water partition coefficient (Wildman–Crippen LogP) is 3.83. The molecule has 0 fully saturated rings. The average molecular weight is 401 g/mol. The number of nitrogens with zero attached hydrogens (tertiary/aromatic N) is 4. The molecule has 7 heteroatoms. The Balaban J connectivity index is 1.90. The van der Waals surface area contributed by atoms with E-state index in [1.54, 1.807) is 11.3 Å². The first-order valence-corrected chi connectivity index (χ1v) is 11.0. The van der Waals surface area contributed by atoms with E-state index in [-0.39, 0.29) is 5.56 Å². The van der Waals surface area contributed by atoms with Gasteiger partial charge >= 0.3 is 0 Å². The fourth-order valence-corrected chi connectivity index (χ4v) is 5.37. The zero-order valence-corrected chi connectivity index (χ0v) is 18.0. The van der Waals surface area contributed by atoms with Crippen molar-refractivity contribution in [3.8, 4) is 0 Å². The van der Waals surface area contributed by atoms with Crippen molar-refractivity contribution in [3.63, 3.8) is 0 Å². The van der Waals surface area contributed by atoms with Crippen molar-refractivity contribution in [3.05, 3.63) is 43.6 Å². The molecule has 0 saturated heterocycles. The quantitative estimate of drug-likeness (QED) is 0.629. The van der Waals surface area contributed by atoms with Crippen LogP contribution in [0.15, 0.2) is 9.32 Å². The van der Waals surface area contributed by atoms with Gasteiger partial charge in [0.1, 0.15) is 16.4 Å². The van der Waals surface area contributed by atoms with Gasteiger partial charge in [0.25, 0.3) is 5.56 Å². The Bertz CT molecular complexity index is 1040. The molecule has 0 spiro atoms. The first-order chi connectivity index (χ1) is 13.5. The Labute approximate surface area is 169 Å². The topological polar surface area (TPSA) is 64.2 Å². The number of hydrogen-bond acceptors (Lipinski definition) is 6. The van der Waals surface area contributed by atoms with Gasteiger partial charge in [-0.3, -0.25) is 14.3 Å². The largest absolute Gasteiger partial charge is 0.361 e. The number of aryl methyl sites for hydroxylation is 4. The van der Waals surface area contributed by atoms with Crippen LogP contribution in [-0.4, -0.2) is 32.7 Å². The van der Waals surface area contributed by atoms with Gasteiger partial charge in [0.05, 0.1) is 24.2 Å². The highest BCUT2D eigenvalue weighted by atomic mass is 32.1. The molecule has 1 aliphatic rings. The molecular formula is C21H28N4O2S. The lowest BCUT2D eigenvalue weighted by molar-refractivity contribution is 0.282. The first-order valence-electron chi connectivity index (χ1n) is 10.2. The highest BCUT2D eigenvalue weighted by Crippen LogP contribution is 2.34. The van der Waals surface area contributed by atoms with Gasteiger partial charge in [0, 0.05) is 10.4 Å². The average Bonchev–Trinajstić information content (AvgIpc) is 3.22. The summed E-state index contributed by atoms with van der Waals surface area (Å²) in [5.41, 5.74) is 3.15. The van der Waals surface area contributed by atoms with Gasteiger partial charge in [-0.2, -0.15) is 0 Å². The standard InChI is InChI=1S/C21H28N4O2S/c1-5-24(6-2)12-18-22-20-19(15-9-7-8-10-17(15)28-20)21(26)25(18)11-16-13(3)23-27-14(16)4/h5-12H2,1-4H3. The lowest BCUT2D eigenvalue weighted by atomic mass is 9.97. The third-order valence-electron chi connectivity index (χ3n) is 5.91. The zero-order chi connectivity index (χ0) is 19.8. The van der Waals surface area contributed by atoms with Crippen molar-refractivity contribution in [1.29, 1.82) is 0 Å². The Hall–Kier alpha value is -1.99. The first kappa shape index (κ1) is 19.3. The van der Waals surface area contributed by atoms with E-state index in [2.05, 4.69) is 23.9 Å². The molecule has 150 valence electrons. The van der Waals surface area contributed by atoms with E-state index in [0.717, 1.165) is 65.4 Å². The highest BCUT2D eigenvalue weighted by molar-refractivity contribution is 7.18. The van der Waals surface area contributed by atoms with Crippen LogP contribution in [-0.2, 0) is 25.9 Å². The lowest BCUT2D eigenvalue weighted by Crippen LogP contribution is -2.31. The minimum atomic E-state index is 0.0894. The maximum Gasteiger partial charge on any atom is 0.262 e. The Kier molecular flexibility index (Phi) is 5.38. The third-order valence-corrected chi connectivity index (χ3v) is 7.10. The van der Waals surface area contributed by atoms with E-state index < -0.39 is 0 Å². The molecule has 3 aromatic rings. The molecule has 0 aliphatic heterocycles. The maximum atomic E-state index is 13.6. The fourth-order valence-electron chi connectivity index (χ4n) is 4.10. The summed E-state index contributed by atoms with van der Waals surface area (Å²) in [5, 5.41) is 4.91. The van der Waals surface area contributed by atoms with Crippen LogP contribution in [0.25, 0.3) is 10.2 Å². The van der Waals surface area contributed by atoms with Crippen molar-refractivity contribution in [2.45, 2.75) is 66.5 Å². The molecule has 0 radical (unpaired) electrons. The molecule has 0 bridgehead atoms. The van der Waals surface area contributed by atoms with Gasteiger partial charge in [-0.05, 0) is 58.2 Å². The Morgan fingerprint density at radius 2 is 1.93 bits per heavy atom. The SMILES string of the molecule is CCN(CC)Cc1nc2sc3c(c2c(=O)n1Cc1c(C)noc1C)CCCC3. The lowest BCUT2D eigenvalue weighted by Gasteiger charge is -2.20. The number of aromatic nitrogens is 3. The second kappa shape index (κ2) is 7.79. The number of hydrogen-bond donors (Lipinski definition) is 0. The van der Waals surface area contributed by atoms with Crippen molar-refractivity contribution in [2.24, 2.45) is 0 Å². The summed E-state index contributed by atoms with van der Waals surface area (Å²) in [7, 11) is 0. The van der Waals surface area contributed by atoms with E-state index in [0.29, 0.717) is 13.1 Å². The Morgan fingerprint density at radius 3 is 2.61 bits per heavy atom. The van der Waals surface area contributed by atoms with Crippen molar-refractivity contribution < 1.29 is 4.52 Å². The number of rotatable bonds is 6. The molecule has 0 saturated carbocycles. The van der Waals surface area contributed by atoms with Crippen LogP contribution in [0.1, 0.15) is 60.0 Å². The minimum absolute atomic E-state index is 0.0894. The zero-order valence-electron chi connectivity index (χ0n) is 17.2. The normalized spacial score (nSPS) is 14.2. The second-order valence-electron chi connectivity index (χ2n) is 7.57.